The lowest BCUT2D eigenvalue weighted by atomic mass is 9.94. The van der Waals surface area contributed by atoms with E-state index in [9.17, 15) is 53.1 Å². The van der Waals surface area contributed by atoms with Gasteiger partial charge in [0.05, 0.1) is 0 Å². The fourth-order valence-corrected chi connectivity index (χ4v) is 2.49. The molecule has 0 bridgehead atoms. The predicted molar refractivity (Wildman–Crippen MR) is 66.6 cm³/mol. The van der Waals surface area contributed by atoms with Crippen molar-refractivity contribution in [1.29, 1.82) is 0 Å². The largest absolute Gasteiger partial charge is 0.462 e. The molecule has 1 rings (SSSR count). The Morgan fingerprint density at radius 3 is 1.63 bits per heavy atom. The Morgan fingerprint density at radius 1 is 0.815 bits per heavy atom. The van der Waals surface area contributed by atoms with Crippen LogP contribution in [0.25, 0.3) is 0 Å². The Hall–Kier alpha value is -1.34. The van der Waals surface area contributed by atoms with Gasteiger partial charge in [-0.1, -0.05) is 19.3 Å². The highest BCUT2D eigenvalue weighted by molar-refractivity contribution is 5.84. The zero-order valence-electron chi connectivity index (χ0n) is 13.5. The number of halogens is 11. The third kappa shape index (κ3) is 4.40. The minimum atomic E-state index is -7.19. The Balaban J connectivity index is 3.25. The van der Waals surface area contributed by atoms with E-state index in [4.69, 9.17) is 0 Å². The number of amides is 1. The number of carbonyl (C=O) groups is 1. The molecule has 0 N–H and O–H groups in total. The van der Waals surface area contributed by atoms with Crippen LogP contribution in [0.15, 0.2) is 0 Å². The summed E-state index contributed by atoms with van der Waals surface area (Å²) >= 11 is 0. The number of ether oxygens (including phenoxy) is 1. The van der Waals surface area contributed by atoms with Gasteiger partial charge in [0.15, 0.2) is 0 Å². The van der Waals surface area contributed by atoms with E-state index in [1.54, 1.807) is 0 Å². The molecule has 0 aromatic rings. The summed E-state index contributed by atoms with van der Waals surface area (Å²) in [6.07, 6.45) is -19.2. The maximum Gasteiger partial charge on any atom is 0.462 e. The van der Waals surface area contributed by atoms with Crippen molar-refractivity contribution in [3.63, 3.8) is 0 Å². The molecular formula is C13H14F11NO2. The quantitative estimate of drug-likeness (QED) is 0.592. The van der Waals surface area contributed by atoms with E-state index in [1.165, 1.54) is 0 Å². The van der Waals surface area contributed by atoms with Crippen molar-refractivity contribution in [3.05, 3.63) is 0 Å². The Labute approximate surface area is 145 Å². The first-order chi connectivity index (χ1) is 11.9. The number of alkyl halides is 11. The van der Waals surface area contributed by atoms with E-state index < -0.39 is 42.2 Å². The van der Waals surface area contributed by atoms with Crippen molar-refractivity contribution in [2.75, 3.05) is 7.05 Å². The lowest BCUT2D eigenvalue weighted by Crippen LogP contribution is -2.64. The number of likely N-dealkylation sites (N-methyl/N-ethyl adjacent to an activating group) is 1. The number of carbonyl (C=O) groups excluding carboxylic acids is 1. The molecule has 3 nitrogen and oxygen atoms in total. The van der Waals surface area contributed by atoms with E-state index in [1.807, 2.05) is 0 Å². The van der Waals surface area contributed by atoms with Crippen LogP contribution in [0.5, 0.6) is 0 Å². The summed E-state index contributed by atoms with van der Waals surface area (Å²) in [5.41, 5.74) is 0. The summed E-state index contributed by atoms with van der Waals surface area (Å²) in [7, 11) is 0.585. The highest BCUT2D eigenvalue weighted by Gasteiger charge is 2.80. The molecule has 1 aliphatic rings. The molecule has 1 amide bonds. The van der Waals surface area contributed by atoms with E-state index in [-0.39, 0.29) is 17.7 Å². The van der Waals surface area contributed by atoms with Crippen LogP contribution in [0.3, 0.4) is 0 Å². The van der Waals surface area contributed by atoms with Crippen LogP contribution in [0.1, 0.15) is 32.1 Å². The summed E-state index contributed by atoms with van der Waals surface area (Å²) in [5.74, 6) is -16.1. The lowest BCUT2D eigenvalue weighted by molar-refractivity contribution is -0.473. The average Bonchev–Trinajstić information content (AvgIpc) is 2.51. The van der Waals surface area contributed by atoms with Crippen LogP contribution in [0, 0.1) is 0 Å². The summed E-state index contributed by atoms with van der Waals surface area (Å²) in [6, 6.07) is -1.05. The van der Waals surface area contributed by atoms with Crippen molar-refractivity contribution in [2.24, 2.45) is 0 Å². The van der Waals surface area contributed by atoms with Gasteiger partial charge in [-0.2, -0.15) is 48.3 Å². The number of rotatable bonds is 5. The van der Waals surface area contributed by atoms with Crippen LogP contribution in [0.2, 0.25) is 0 Å². The first kappa shape index (κ1) is 23.7. The van der Waals surface area contributed by atoms with Gasteiger partial charge in [0.25, 0.3) is 5.91 Å². The van der Waals surface area contributed by atoms with Crippen molar-refractivity contribution < 1.29 is 57.8 Å². The number of nitrogens with zero attached hydrogens (tertiary/aromatic N) is 1. The molecule has 27 heavy (non-hydrogen) atoms. The van der Waals surface area contributed by atoms with E-state index in [2.05, 4.69) is 4.74 Å². The third-order valence-corrected chi connectivity index (χ3v) is 4.07. The standard InChI is InChI=1S/C13H14F11NO2/c1-25(7-5-3-2-4-6-7)8(26)9(14,11(17,18)19)27-13(23,24)10(15,16)12(20,21)22/h7H,2-6H2,1H3. The molecule has 0 aromatic carbocycles. The zero-order valence-corrected chi connectivity index (χ0v) is 13.5. The highest BCUT2D eigenvalue weighted by atomic mass is 19.4. The zero-order chi connectivity index (χ0) is 21.5. The molecule has 1 unspecified atom stereocenters. The Morgan fingerprint density at radius 2 is 1.26 bits per heavy atom. The van der Waals surface area contributed by atoms with Crippen LogP contribution >= 0.6 is 0 Å². The van der Waals surface area contributed by atoms with Gasteiger partial charge < -0.3 is 4.90 Å². The first-order valence-corrected chi connectivity index (χ1v) is 7.44. The second-order valence-corrected chi connectivity index (χ2v) is 5.99. The van der Waals surface area contributed by atoms with Gasteiger partial charge in [-0.15, -0.1) is 0 Å². The van der Waals surface area contributed by atoms with Crippen molar-refractivity contribution in [1.82, 2.24) is 4.90 Å². The van der Waals surface area contributed by atoms with Crippen molar-refractivity contribution >= 4 is 5.91 Å². The number of hydrogen-bond donors (Lipinski definition) is 0. The lowest BCUT2D eigenvalue weighted by Gasteiger charge is -2.38. The van der Waals surface area contributed by atoms with E-state index >= 15 is 0 Å². The van der Waals surface area contributed by atoms with Gasteiger partial charge in [0.2, 0.25) is 0 Å². The van der Waals surface area contributed by atoms with Crippen molar-refractivity contribution in [3.8, 4) is 0 Å². The van der Waals surface area contributed by atoms with Gasteiger partial charge in [0, 0.05) is 13.1 Å². The van der Waals surface area contributed by atoms with Crippen LogP contribution in [-0.2, 0) is 9.53 Å². The predicted octanol–water partition coefficient (Wildman–Crippen LogP) is 4.81. The van der Waals surface area contributed by atoms with Gasteiger partial charge >= 0.3 is 30.2 Å². The van der Waals surface area contributed by atoms with Crippen molar-refractivity contribution in [2.45, 2.75) is 68.4 Å². The Kier molecular flexibility index (Phi) is 6.36. The average molecular weight is 425 g/mol. The molecule has 1 saturated carbocycles. The van der Waals surface area contributed by atoms with Crippen LogP contribution in [-0.4, -0.2) is 54.1 Å². The molecule has 0 aliphatic heterocycles. The number of hydrogen-bond acceptors (Lipinski definition) is 2. The third-order valence-electron chi connectivity index (χ3n) is 4.07. The summed E-state index contributed by atoms with van der Waals surface area (Å²) < 4.78 is 143. The minimum Gasteiger partial charge on any atom is -0.337 e. The maximum atomic E-state index is 14.2. The van der Waals surface area contributed by atoms with Crippen LogP contribution < -0.4 is 0 Å². The van der Waals surface area contributed by atoms with Gasteiger partial charge in [0.1, 0.15) is 0 Å². The summed E-state index contributed by atoms with van der Waals surface area (Å²) in [6.45, 7) is 0. The molecule has 1 atom stereocenters. The smallest absolute Gasteiger partial charge is 0.337 e. The van der Waals surface area contributed by atoms with Gasteiger partial charge in [-0.25, -0.2) is 0 Å². The van der Waals surface area contributed by atoms with Crippen LogP contribution in [0.4, 0.5) is 48.3 Å². The van der Waals surface area contributed by atoms with Gasteiger partial charge in [-0.3, -0.25) is 9.53 Å². The Bertz CT molecular complexity index is 539. The molecule has 160 valence electrons. The second kappa shape index (κ2) is 7.24. The SMILES string of the molecule is CN(C(=O)C(F)(OC(F)(F)C(F)(F)C(F)(F)F)C(F)(F)F)C1CCCCC1. The molecule has 1 aliphatic carbocycles. The molecular weight excluding hydrogens is 411 g/mol. The topological polar surface area (TPSA) is 29.5 Å². The molecule has 14 heteroatoms. The van der Waals surface area contributed by atoms with E-state index in [0.29, 0.717) is 26.3 Å². The highest BCUT2D eigenvalue weighted by Crippen LogP contribution is 2.51. The molecule has 0 saturated heterocycles. The fourth-order valence-electron chi connectivity index (χ4n) is 2.49. The van der Waals surface area contributed by atoms with E-state index in [0.717, 1.165) is 0 Å². The normalized spacial score (nSPS) is 20.3. The maximum absolute atomic E-state index is 14.2. The summed E-state index contributed by atoms with van der Waals surface area (Å²) in [5, 5.41) is 0. The molecule has 1 fully saturated rings. The molecule has 0 radical (unpaired) electrons. The first-order valence-electron chi connectivity index (χ1n) is 7.44. The second-order valence-electron chi connectivity index (χ2n) is 5.99. The van der Waals surface area contributed by atoms with Gasteiger partial charge in [-0.05, 0) is 12.8 Å². The fraction of sp³-hybridized carbons (Fsp3) is 0.923. The minimum absolute atomic E-state index is 0.0362. The molecule has 0 aromatic heterocycles. The molecule has 0 heterocycles. The molecule has 0 spiro atoms. The monoisotopic (exact) mass is 425 g/mol. The summed E-state index contributed by atoms with van der Waals surface area (Å²) in [4.78, 5) is 11.8.